The number of hydrogen-bond acceptors (Lipinski definition) is 4. The summed E-state index contributed by atoms with van der Waals surface area (Å²) in [6, 6.07) is 18.0. The molecule has 1 aliphatic rings. The third kappa shape index (κ3) is 4.29. The average molecular weight is 376 g/mol. The number of rotatable bonds is 2. The Kier molecular flexibility index (Phi) is 6.22. The first-order chi connectivity index (χ1) is 13.5. The monoisotopic (exact) mass is 376 g/mol. The molecule has 0 amide bonds. The summed E-state index contributed by atoms with van der Waals surface area (Å²) in [5, 5.41) is 13.8. The lowest BCUT2D eigenvalue weighted by Crippen LogP contribution is -2.15. The van der Waals surface area contributed by atoms with Crippen LogP contribution in [-0.2, 0) is 27.2 Å². The van der Waals surface area contributed by atoms with Crippen molar-refractivity contribution in [1.82, 2.24) is 0 Å². The van der Waals surface area contributed by atoms with Gasteiger partial charge in [-0.05, 0) is 65.3 Å². The molecule has 4 rings (SSSR count). The normalized spacial score (nSPS) is 12.6. The summed E-state index contributed by atoms with van der Waals surface area (Å²) in [5.74, 6) is -1.77. The Labute approximate surface area is 164 Å². The van der Waals surface area contributed by atoms with E-state index >= 15 is 0 Å². The van der Waals surface area contributed by atoms with E-state index in [9.17, 15) is 9.59 Å². The second kappa shape index (κ2) is 8.81. The first-order valence-electron chi connectivity index (χ1n) is 9.45. The maximum Gasteiger partial charge on any atom is 0.340 e. The highest BCUT2D eigenvalue weighted by molar-refractivity contribution is 6.08. The molecule has 1 N–H and O–H groups in total. The molecular formula is C24H24O4. The molecule has 28 heavy (non-hydrogen) atoms. The lowest BCUT2D eigenvalue weighted by molar-refractivity contribution is -0.158. The van der Waals surface area contributed by atoms with Gasteiger partial charge < -0.3 is 9.84 Å². The minimum absolute atomic E-state index is 0.127. The number of hydrogen-bond donors (Lipinski definition) is 1. The Morgan fingerprint density at radius 3 is 2.43 bits per heavy atom. The van der Waals surface area contributed by atoms with Crippen LogP contribution in [0.5, 0.6) is 0 Å². The second-order valence-corrected chi connectivity index (χ2v) is 6.99. The molecule has 0 spiro atoms. The third-order valence-corrected chi connectivity index (χ3v) is 4.94. The van der Waals surface area contributed by atoms with E-state index in [0.717, 1.165) is 0 Å². The Morgan fingerprint density at radius 1 is 0.964 bits per heavy atom. The van der Waals surface area contributed by atoms with Gasteiger partial charge >= 0.3 is 11.9 Å². The van der Waals surface area contributed by atoms with E-state index in [4.69, 9.17) is 5.11 Å². The van der Waals surface area contributed by atoms with E-state index in [2.05, 4.69) is 59.8 Å². The maximum absolute atomic E-state index is 10.5. The molecule has 1 aliphatic carbocycles. The van der Waals surface area contributed by atoms with Gasteiger partial charge in [-0.3, -0.25) is 0 Å². The first kappa shape index (κ1) is 19.8. The molecular weight excluding hydrogens is 352 g/mol. The molecule has 0 atom stereocenters. The van der Waals surface area contributed by atoms with Crippen molar-refractivity contribution in [2.45, 2.75) is 32.6 Å². The van der Waals surface area contributed by atoms with Gasteiger partial charge in [0, 0.05) is 5.57 Å². The molecule has 0 bridgehead atoms. The highest BCUT2D eigenvalue weighted by atomic mass is 16.6. The topological polar surface area (TPSA) is 63.6 Å². The van der Waals surface area contributed by atoms with E-state index in [1.54, 1.807) is 11.1 Å². The molecule has 0 aromatic heterocycles. The van der Waals surface area contributed by atoms with E-state index < -0.39 is 18.5 Å². The molecule has 0 radical (unpaired) electrons. The van der Waals surface area contributed by atoms with Crippen LogP contribution in [0.15, 0.2) is 60.7 Å². The Morgan fingerprint density at radius 2 is 1.68 bits per heavy atom. The quantitative estimate of drug-likeness (QED) is 0.310. The first-order valence-corrected chi connectivity index (χ1v) is 9.45. The fourth-order valence-corrected chi connectivity index (χ4v) is 3.57. The van der Waals surface area contributed by atoms with Gasteiger partial charge in [-0.25, -0.2) is 9.59 Å². The lowest BCUT2D eigenvalue weighted by Gasteiger charge is -2.18. The summed E-state index contributed by atoms with van der Waals surface area (Å²) in [5.41, 5.74) is 3.30. The Hall–Kier alpha value is -2.98. The van der Waals surface area contributed by atoms with Crippen LogP contribution < -0.4 is 0 Å². The van der Waals surface area contributed by atoms with Crippen molar-refractivity contribution in [1.29, 1.82) is 0 Å². The number of benzene rings is 3. The summed E-state index contributed by atoms with van der Waals surface area (Å²) in [7, 11) is 0. The van der Waals surface area contributed by atoms with Crippen molar-refractivity contribution in [3.8, 4) is 0 Å². The molecule has 0 fully saturated rings. The Balaban J connectivity index is 0.000000195. The SMILES string of the molecule is C=C(C)C(=O)OC(=O)CO.c1ccc2c(c1)ccc1c3c(ccc12)CCCC3. The summed E-state index contributed by atoms with van der Waals surface area (Å²) < 4.78 is 4.03. The van der Waals surface area contributed by atoms with Crippen LogP contribution >= 0.6 is 0 Å². The van der Waals surface area contributed by atoms with Gasteiger partial charge in [-0.15, -0.1) is 0 Å². The molecule has 0 heterocycles. The van der Waals surface area contributed by atoms with Crippen molar-refractivity contribution in [2.75, 3.05) is 6.61 Å². The van der Waals surface area contributed by atoms with Gasteiger partial charge in [0.15, 0.2) is 0 Å². The zero-order chi connectivity index (χ0) is 20.1. The van der Waals surface area contributed by atoms with E-state index in [1.807, 2.05) is 0 Å². The number of aliphatic hydroxyl groups excluding tert-OH is 1. The fourth-order valence-electron chi connectivity index (χ4n) is 3.57. The fraction of sp³-hybridized carbons (Fsp3) is 0.250. The molecule has 3 aromatic rings. The molecule has 0 saturated heterocycles. The van der Waals surface area contributed by atoms with Crippen LogP contribution in [0.3, 0.4) is 0 Å². The van der Waals surface area contributed by atoms with Crippen molar-refractivity contribution in [3.63, 3.8) is 0 Å². The number of ether oxygens (including phenoxy) is 1. The molecule has 0 unspecified atom stereocenters. The van der Waals surface area contributed by atoms with Crippen LogP contribution in [-0.4, -0.2) is 23.7 Å². The number of fused-ring (bicyclic) bond motifs is 5. The minimum atomic E-state index is -0.965. The molecule has 4 nitrogen and oxygen atoms in total. The zero-order valence-electron chi connectivity index (χ0n) is 16.0. The number of aryl methyl sites for hydroxylation is 2. The number of esters is 2. The molecule has 0 aliphatic heterocycles. The standard InChI is InChI=1S/C18H16.C6H8O4/c1-3-7-15-13(5-1)9-11-18-16-8-4-2-6-14(16)10-12-17(15)18;1-4(2)6(9)10-5(8)3-7/h1,3,5,7,9-12H,2,4,6,8H2;7H,1,3H2,2H3. The van der Waals surface area contributed by atoms with Crippen LogP contribution in [0, 0.1) is 0 Å². The second-order valence-electron chi connectivity index (χ2n) is 6.99. The van der Waals surface area contributed by atoms with Gasteiger partial charge in [0.25, 0.3) is 0 Å². The summed E-state index contributed by atoms with van der Waals surface area (Å²) >= 11 is 0. The van der Waals surface area contributed by atoms with Crippen LogP contribution in [0.1, 0.15) is 30.9 Å². The molecule has 4 heteroatoms. The zero-order valence-corrected chi connectivity index (χ0v) is 16.0. The van der Waals surface area contributed by atoms with Crippen molar-refractivity contribution in [2.24, 2.45) is 0 Å². The van der Waals surface area contributed by atoms with E-state index in [0.29, 0.717) is 0 Å². The predicted molar refractivity (Wildman–Crippen MR) is 111 cm³/mol. The highest BCUT2D eigenvalue weighted by Crippen LogP contribution is 2.33. The molecule has 144 valence electrons. The number of carbonyl (C=O) groups is 2. The van der Waals surface area contributed by atoms with Crippen molar-refractivity contribution >= 4 is 33.5 Å². The maximum atomic E-state index is 10.5. The van der Waals surface area contributed by atoms with Crippen LogP contribution in [0.4, 0.5) is 0 Å². The number of carbonyl (C=O) groups excluding carboxylic acids is 2. The van der Waals surface area contributed by atoms with Crippen LogP contribution in [0.2, 0.25) is 0 Å². The van der Waals surface area contributed by atoms with Crippen LogP contribution in [0.25, 0.3) is 21.5 Å². The van der Waals surface area contributed by atoms with Gasteiger partial charge in [0.2, 0.25) is 0 Å². The average Bonchev–Trinajstić information content (AvgIpc) is 2.73. The largest absolute Gasteiger partial charge is 0.388 e. The molecule has 0 saturated carbocycles. The summed E-state index contributed by atoms with van der Waals surface area (Å²) in [6.07, 6.45) is 5.22. The lowest BCUT2D eigenvalue weighted by atomic mass is 9.86. The van der Waals surface area contributed by atoms with Gasteiger partial charge in [0.1, 0.15) is 6.61 Å². The van der Waals surface area contributed by atoms with E-state index in [1.165, 1.54) is 54.2 Å². The Bertz CT molecular complexity index is 1050. The highest BCUT2D eigenvalue weighted by Gasteiger charge is 2.13. The third-order valence-electron chi connectivity index (χ3n) is 4.94. The molecule has 3 aromatic carbocycles. The van der Waals surface area contributed by atoms with Gasteiger partial charge in [-0.1, -0.05) is 55.1 Å². The van der Waals surface area contributed by atoms with Crippen molar-refractivity contribution < 1.29 is 19.4 Å². The smallest absolute Gasteiger partial charge is 0.340 e. The summed E-state index contributed by atoms with van der Waals surface area (Å²) in [6.45, 7) is 3.85. The minimum Gasteiger partial charge on any atom is -0.388 e. The van der Waals surface area contributed by atoms with Crippen molar-refractivity contribution in [3.05, 3.63) is 71.8 Å². The van der Waals surface area contributed by atoms with Gasteiger partial charge in [0.05, 0.1) is 0 Å². The number of aliphatic hydroxyl groups is 1. The summed E-state index contributed by atoms with van der Waals surface area (Å²) in [4.78, 5) is 20.7. The predicted octanol–water partition coefficient (Wildman–Crippen LogP) is 4.50. The van der Waals surface area contributed by atoms with Gasteiger partial charge in [-0.2, -0.15) is 0 Å². The van der Waals surface area contributed by atoms with E-state index in [-0.39, 0.29) is 5.57 Å².